The lowest BCUT2D eigenvalue weighted by molar-refractivity contribution is 0.357. The first-order valence-electron chi connectivity index (χ1n) is 7.27. The highest BCUT2D eigenvalue weighted by Gasteiger charge is 2.12. The van der Waals surface area contributed by atoms with Crippen molar-refractivity contribution >= 4 is 0 Å². The van der Waals surface area contributed by atoms with Gasteiger partial charge in [-0.15, -0.1) is 0 Å². The van der Waals surface area contributed by atoms with Crippen LogP contribution in [0.3, 0.4) is 0 Å². The molecule has 1 N–H and O–H groups in total. The minimum Gasteiger partial charge on any atom is -0.493 e. The summed E-state index contributed by atoms with van der Waals surface area (Å²) >= 11 is 0. The Labute approximate surface area is 120 Å². The second-order valence-corrected chi connectivity index (χ2v) is 5.50. The van der Waals surface area contributed by atoms with Gasteiger partial charge in [-0.05, 0) is 42.2 Å². The molecule has 104 valence electrons. The van der Waals surface area contributed by atoms with E-state index in [-0.39, 0.29) is 0 Å². The second-order valence-electron chi connectivity index (χ2n) is 5.50. The second kappa shape index (κ2) is 5.68. The largest absolute Gasteiger partial charge is 0.493 e. The quantitative estimate of drug-likeness (QED) is 0.910. The summed E-state index contributed by atoms with van der Waals surface area (Å²) in [6.45, 7) is 6.10. The molecule has 2 aromatic carbocycles. The molecule has 0 saturated carbocycles. The number of nitrogens with one attached hydrogen (secondary N) is 1. The van der Waals surface area contributed by atoms with Crippen LogP contribution in [0.25, 0.3) is 0 Å². The first-order valence-corrected chi connectivity index (χ1v) is 7.27. The average Bonchev–Trinajstić information content (AvgIpc) is 2.92. The standard InChI is InChI=1S/C18H21NO/c1-13-5-3-4-6-17(13)14(2)19-12-15-7-8-18-16(11-15)9-10-20-18/h3-8,11,14,19H,9-10,12H2,1-2H3/t14-/m1/s1. The fourth-order valence-electron chi connectivity index (χ4n) is 2.80. The molecule has 1 atom stereocenters. The number of benzene rings is 2. The number of rotatable bonds is 4. The van der Waals surface area contributed by atoms with Gasteiger partial charge in [0.1, 0.15) is 5.75 Å². The lowest BCUT2D eigenvalue weighted by Gasteiger charge is -2.17. The maximum absolute atomic E-state index is 5.54. The van der Waals surface area contributed by atoms with E-state index in [9.17, 15) is 0 Å². The molecule has 2 heteroatoms. The molecule has 0 unspecified atom stereocenters. The summed E-state index contributed by atoms with van der Waals surface area (Å²) in [4.78, 5) is 0. The average molecular weight is 267 g/mol. The number of fused-ring (bicyclic) bond motifs is 1. The zero-order valence-corrected chi connectivity index (χ0v) is 12.1. The van der Waals surface area contributed by atoms with Crippen molar-refractivity contribution in [2.75, 3.05) is 6.61 Å². The van der Waals surface area contributed by atoms with Gasteiger partial charge < -0.3 is 10.1 Å². The van der Waals surface area contributed by atoms with Gasteiger partial charge in [-0.2, -0.15) is 0 Å². The molecule has 3 rings (SSSR count). The zero-order valence-electron chi connectivity index (χ0n) is 12.1. The minimum atomic E-state index is 0.362. The summed E-state index contributed by atoms with van der Waals surface area (Å²) in [6.07, 6.45) is 1.04. The molecule has 0 amide bonds. The van der Waals surface area contributed by atoms with Gasteiger partial charge in [0.05, 0.1) is 6.61 Å². The molecule has 0 radical (unpaired) electrons. The molecular weight excluding hydrogens is 246 g/mol. The van der Waals surface area contributed by atoms with Crippen LogP contribution in [-0.4, -0.2) is 6.61 Å². The van der Waals surface area contributed by atoms with E-state index in [2.05, 4.69) is 61.6 Å². The number of hydrogen-bond donors (Lipinski definition) is 1. The van der Waals surface area contributed by atoms with Crippen molar-refractivity contribution in [2.45, 2.75) is 32.9 Å². The third-order valence-corrected chi connectivity index (χ3v) is 4.02. The maximum Gasteiger partial charge on any atom is 0.122 e. The van der Waals surface area contributed by atoms with Gasteiger partial charge in [0.2, 0.25) is 0 Å². The van der Waals surface area contributed by atoms with Crippen LogP contribution >= 0.6 is 0 Å². The first-order chi connectivity index (χ1) is 9.74. The summed E-state index contributed by atoms with van der Waals surface area (Å²) in [5, 5.41) is 3.61. The molecule has 1 aliphatic heterocycles. The van der Waals surface area contributed by atoms with Gasteiger partial charge in [0.15, 0.2) is 0 Å². The van der Waals surface area contributed by atoms with Crippen molar-refractivity contribution in [3.63, 3.8) is 0 Å². The first kappa shape index (κ1) is 13.2. The SMILES string of the molecule is Cc1ccccc1[C@@H](C)NCc1ccc2c(c1)CCO2. The van der Waals surface area contributed by atoms with Gasteiger partial charge in [0, 0.05) is 19.0 Å². The van der Waals surface area contributed by atoms with Crippen LogP contribution in [0.4, 0.5) is 0 Å². The summed E-state index contributed by atoms with van der Waals surface area (Å²) in [5.74, 6) is 1.06. The molecule has 1 heterocycles. The Kier molecular flexibility index (Phi) is 3.75. The van der Waals surface area contributed by atoms with Crippen LogP contribution in [0.15, 0.2) is 42.5 Å². The third-order valence-electron chi connectivity index (χ3n) is 4.02. The van der Waals surface area contributed by atoms with Crippen molar-refractivity contribution in [2.24, 2.45) is 0 Å². The van der Waals surface area contributed by atoms with E-state index in [1.54, 1.807) is 0 Å². The smallest absolute Gasteiger partial charge is 0.122 e. The number of aryl methyl sites for hydroxylation is 1. The predicted octanol–water partition coefficient (Wildman–Crippen LogP) is 3.78. The highest BCUT2D eigenvalue weighted by atomic mass is 16.5. The molecule has 2 nitrogen and oxygen atoms in total. The summed E-state index contributed by atoms with van der Waals surface area (Å²) in [5.41, 5.74) is 5.38. The third kappa shape index (κ3) is 2.70. The van der Waals surface area contributed by atoms with E-state index in [1.165, 1.54) is 22.3 Å². The van der Waals surface area contributed by atoms with Crippen LogP contribution in [0.2, 0.25) is 0 Å². The molecule has 2 aromatic rings. The van der Waals surface area contributed by atoms with Gasteiger partial charge in [-0.3, -0.25) is 0 Å². The van der Waals surface area contributed by atoms with E-state index in [0.29, 0.717) is 6.04 Å². The van der Waals surface area contributed by atoms with Gasteiger partial charge >= 0.3 is 0 Å². The van der Waals surface area contributed by atoms with E-state index < -0.39 is 0 Å². The van der Waals surface area contributed by atoms with Crippen molar-refractivity contribution in [3.8, 4) is 5.75 Å². The molecule has 20 heavy (non-hydrogen) atoms. The summed E-state index contributed by atoms with van der Waals surface area (Å²) in [7, 11) is 0. The Hall–Kier alpha value is -1.80. The predicted molar refractivity (Wildman–Crippen MR) is 82.1 cm³/mol. The normalized spacial score (nSPS) is 14.7. The van der Waals surface area contributed by atoms with Crippen LogP contribution < -0.4 is 10.1 Å². The Morgan fingerprint density at radius 3 is 2.90 bits per heavy atom. The van der Waals surface area contributed by atoms with Crippen molar-refractivity contribution < 1.29 is 4.74 Å². The Bertz CT molecular complexity index is 606. The van der Waals surface area contributed by atoms with E-state index in [0.717, 1.165) is 25.3 Å². The molecule has 0 bridgehead atoms. The molecule has 0 aliphatic carbocycles. The maximum atomic E-state index is 5.54. The highest BCUT2D eigenvalue weighted by Crippen LogP contribution is 2.26. The monoisotopic (exact) mass is 267 g/mol. The highest BCUT2D eigenvalue weighted by molar-refractivity contribution is 5.39. The zero-order chi connectivity index (χ0) is 13.9. The fraction of sp³-hybridized carbons (Fsp3) is 0.333. The Morgan fingerprint density at radius 1 is 1.20 bits per heavy atom. The Morgan fingerprint density at radius 2 is 2.05 bits per heavy atom. The van der Waals surface area contributed by atoms with Crippen molar-refractivity contribution in [1.82, 2.24) is 5.32 Å². The fourth-order valence-corrected chi connectivity index (χ4v) is 2.80. The topological polar surface area (TPSA) is 21.3 Å². The molecule has 0 fully saturated rings. The molecule has 0 spiro atoms. The molecule has 0 saturated heterocycles. The molecule has 1 aliphatic rings. The minimum absolute atomic E-state index is 0.362. The van der Waals surface area contributed by atoms with E-state index in [1.807, 2.05) is 0 Å². The number of hydrogen-bond acceptors (Lipinski definition) is 2. The summed E-state index contributed by atoms with van der Waals surface area (Å²) < 4.78 is 5.54. The molecule has 0 aromatic heterocycles. The lowest BCUT2D eigenvalue weighted by Crippen LogP contribution is -2.18. The number of ether oxygens (including phenoxy) is 1. The molecular formula is C18H21NO. The Balaban J connectivity index is 1.66. The van der Waals surface area contributed by atoms with Gasteiger partial charge in [-0.25, -0.2) is 0 Å². The van der Waals surface area contributed by atoms with Gasteiger partial charge in [-0.1, -0.05) is 36.4 Å². The van der Waals surface area contributed by atoms with Crippen molar-refractivity contribution in [3.05, 3.63) is 64.7 Å². The summed E-state index contributed by atoms with van der Waals surface area (Å²) in [6, 6.07) is 15.4. The van der Waals surface area contributed by atoms with Crippen LogP contribution in [0, 0.1) is 6.92 Å². The van der Waals surface area contributed by atoms with Crippen LogP contribution in [0.5, 0.6) is 5.75 Å². The van der Waals surface area contributed by atoms with Crippen molar-refractivity contribution in [1.29, 1.82) is 0 Å². The van der Waals surface area contributed by atoms with Gasteiger partial charge in [0.25, 0.3) is 0 Å². The van der Waals surface area contributed by atoms with Crippen LogP contribution in [0.1, 0.15) is 35.2 Å². The van der Waals surface area contributed by atoms with Crippen LogP contribution in [-0.2, 0) is 13.0 Å². The van der Waals surface area contributed by atoms with E-state index in [4.69, 9.17) is 4.74 Å². The van der Waals surface area contributed by atoms with E-state index >= 15 is 0 Å². The lowest BCUT2D eigenvalue weighted by atomic mass is 10.0.